The highest BCUT2D eigenvalue weighted by molar-refractivity contribution is 14.1. The largest absolute Gasteiger partial charge is 0.457 e. The third-order valence-electron chi connectivity index (χ3n) is 4.44. The van der Waals surface area contributed by atoms with Gasteiger partial charge in [0.15, 0.2) is 0 Å². The fourth-order valence-corrected chi connectivity index (χ4v) is 4.31. The molecule has 0 heterocycles. The molecular formula is C24H14I2N2O4. The molecule has 3 aromatic rings. The molecule has 0 aliphatic rings. The third kappa shape index (κ3) is 5.26. The Kier molecular flexibility index (Phi) is 8.20. The van der Waals surface area contributed by atoms with Crippen LogP contribution in [0.3, 0.4) is 0 Å². The van der Waals surface area contributed by atoms with Crippen LogP contribution < -0.4 is 0 Å². The van der Waals surface area contributed by atoms with E-state index in [1.807, 2.05) is 81.6 Å². The maximum absolute atomic E-state index is 13.0. The van der Waals surface area contributed by atoms with Crippen molar-refractivity contribution in [2.24, 2.45) is 0 Å². The summed E-state index contributed by atoms with van der Waals surface area (Å²) in [5.74, 6) is -1.65. The van der Waals surface area contributed by atoms with Gasteiger partial charge in [0.25, 0.3) is 0 Å². The number of rotatable bonds is 6. The fourth-order valence-electron chi connectivity index (χ4n) is 2.89. The maximum Gasteiger partial charge on any atom is 0.340 e. The van der Waals surface area contributed by atoms with Gasteiger partial charge in [0.1, 0.15) is 25.4 Å². The van der Waals surface area contributed by atoms with Crippen LogP contribution in [-0.2, 0) is 22.7 Å². The molecule has 0 saturated carbocycles. The van der Waals surface area contributed by atoms with Crippen molar-refractivity contribution < 1.29 is 19.1 Å². The van der Waals surface area contributed by atoms with E-state index in [1.165, 1.54) is 0 Å². The van der Waals surface area contributed by atoms with Crippen LogP contribution >= 0.6 is 45.2 Å². The van der Waals surface area contributed by atoms with Crippen molar-refractivity contribution >= 4 is 57.1 Å². The van der Waals surface area contributed by atoms with Crippen LogP contribution in [0.2, 0.25) is 0 Å². The minimum atomic E-state index is -0.872. The summed E-state index contributed by atoms with van der Waals surface area (Å²) >= 11 is 3.76. The predicted octanol–water partition coefficient (Wildman–Crippen LogP) is 5.35. The van der Waals surface area contributed by atoms with Gasteiger partial charge in [-0.1, -0.05) is 60.7 Å². The van der Waals surface area contributed by atoms with E-state index in [0.717, 1.165) is 11.1 Å². The van der Waals surface area contributed by atoms with Gasteiger partial charge in [0, 0.05) is 7.14 Å². The quantitative estimate of drug-likeness (QED) is 0.264. The van der Waals surface area contributed by atoms with Crippen LogP contribution in [0.4, 0.5) is 0 Å². The average molecular weight is 648 g/mol. The first-order valence-corrected chi connectivity index (χ1v) is 11.4. The molecule has 3 aromatic carbocycles. The molecular weight excluding hydrogens is 634 g/mol. The van der Waals surface area contributed by atoms with Crippen LogP contribution in [0.1, 0.15) is 43.0 Å². The summed E-state index contributed by atoms with van der Waals surface area (Å²) in [6.45, 7) is -0.0553. The molecule has 0 radical (unpaired) electrons. The van der Waals surface area contributed by atoms with Gasteiger partial charge in [0.05, 0.1) is 22.3 Å². The zero-order chi connectivity index (χ0) is 23.1. The Morgan fingerprint density at radius 1 is 0.688 bits per heavy atom. The SMILES string of the molecule is N#Cc1c(I)c(I)c(C(=O)OCc2ccccc2)c(C(=O)OCc2ccccc2)c1C#N. The number of ether oxygens (including phenoxy) is 2. The standard InChI is InChI=1S/C24H14I2N2O4/c25-21-18(12-28)17(11-27)19(23(29)31-13-15-7-3-1-4-8-15)20(22(21)26)24(30)32-14-16-9-5-2-6-10-16/h1-10H,13-14H2. The molecule has 0 N–H and O–H groups in total. The second kappa shape index (κ2) is 11.1. The predicted molar refractivity (Wildman–Crippen MR) is 132 cm³/mol. The van der Waals surface area contributed by atoms with Crippen LogP contribution in [0.5, 0.6) is 0 Å². The van der Waals surface area contributed by atoms with E-state index in [-0.39, 0.29) is 35.5 Å². The second-order valence-corrected chi connectivity index (χ2v) is 8.63. The average Bonchev–Trinajstić information content (AvgIpc) is 2.83. The lowest BCUT2D eigenvalue weighted by Crippen LogP contribution is -2.20. The first kappa shape index (κ1) is 23.7. The summed E-state index contributed by atoms with van der Waals surface area (Å²) in [7, 11) is 0. The molecule has 0 saturated heterocycles. The number of halogens is 2. The molecule has 0 aliphatic carbocycles. The number of esters is 2. The minimum absolute atomic E-state index is 0.00722. The number of hydrogen-bond acceptors (Lipinski definition) is 6. The van der Waals surface area contributed by atoms with E-state index < -0.39 is 11.9 Å². The number of hydrogen-bond donors (Lipinski definition) is 0. The summed E-state index contributed by atoms with van der Waals surface area (Å²) in [5.41, 5.74) is 0.981. The maximum atomic E-state index is 13.0. The molecule has 0 bridgehead atoms. The summed E-state index contributed by atoms with van der Waals surface area (Å²) in [5, 5.41) is 19.3. The molecule has 0 unspecified atom stereocenters. The van der Waals surface area contributed by atoms with Gasteiger partial charge in [-0.2, -0.15) is 10.5 Å². The molecule has 6 nitrogen and oxygen atoms in total. The lowest BCUT2D eigenvalue weighted by molar-refractivity contribution is 0.0424. The van der Waals surface area contributed by atoms with Gasteiger partial charge in [-0.3, -0.25) is 0 Å². The molecule has 3 rings (SSSR count). The third-order valence-corrected chi connectivity index (χ3v) is 7.63. The number of nitrogens with zero attached hydrogens (tertiary/aromatic N) is 2. The lowest BCUT2D eigenvalue weighted by Gasteiger charge is -2.16. The van der Waals surface area contributed by atoms with E-state index in [0.29, 0.717) is 7.14 Å². The van der Waals surface area contributed by atoms with E-state index in [4.69, 9.17) is 9.47 Å². The molecule has 0 atom stereocenters. The highest BCUT2D eigenvalue weighted by Gasteiger charge is 2.31. The summed E-state index contributed by atoms with van der Waals surface area (Å²) in [4.78, 5) is 26.1. The molecule has 8 heteroatoms. The molecule has 0 spiro atoms. The van der Waals surface area contributed by atoms with Gasteiger partial charge < -0.3 is 9.47 Å². The minimum Gasteiger partial charge on any atom is -0.457 e. The molecule has 0 aliphatic heterocycles. The molecule has 32 heavy (non-hydrogen) atoms. The van der Waals surface area contributed by atoms with Gasteiger partial charge in [0.2, 0.25) is 0 Å². The molecule has 0 aromatic heterocycles. The van der Waals surface area contributed by atoms with Crippen molar-refractivity contribution in [2.45, 2.75) is 13.2 Å². The van der Waals surface area contributed by atoms with Gasteiger partial charge in [-0.05, 0) is 56.3 Å². The number of nitriles is 2. The van der Waals surface area contributed by atoms with Crippen molar-refractivity contribution in [1.82, 2.24) is 0 Å². The normalized spacial score (nSPS) is 10.0. The highest BCUT2D eigenvalue weighted by atomic mass is 127. The van der Waals surface area contributed by atoms with E-state index in [9.17, 15) is 20.1 Å². The number of benzene rings is 3. The van der Waals surface area contributed by atoms with Crippen LogP contribution in [0.25, 0.3) is 0 Å². The molecule has 158 valence electrons. The summed E-state index contributed by atoms with van der Waals surface area (Å²) in [6.07, 6.45) is 0. The number of carbonyl (C=O) groups excluding carboxylic acids is 2. The summed E-state index contributed by atoms with van der Waals surface area (Å²) < 4.78 is 11.6. The second-order valence-electron chi connectivity index (χ2n) is 6.48. The Bertz CT molecular complexity index is 1250. The van der Waals surface area contributed by atoms with Gasteiger partial charge in [-0.15, -0.1) is 0 Å². The zero-order valence-corrected chi connectivity index (χ0v) is 20.8. The zero-order valence-electron chi connectivity index (χ0n) is 16.5. The van der Waals surface area contributed by atoms with E-state index in [1.54, 1.807) is 36.4 Å². The van der Waals surface area contributed by atoms with Crippen LogP contribution in [0.15, 0.2) is 60.7 Å². The Hall–Kier alpha value is -2.96. The van der Waals surface area contributed by atoms with Crippen molar-refractivity contribution in [2.75, 3.05) is 0 Å². The topological polar surface area (TPSA) is 100 Å². The number of carbonyl (C=O) groups is 2. The van der Waals surface area contributed by atoms with Gasteiger partial charge in [-0.25, -0.2) is 9.59 Å². The Morgan fingerprint density at radius 2 is 1.12 bits per heavy atom. The van der Waals surface area contributed by atoms with Crippen LogP contribution in [-0.4, -0.2) is 11.9 Å². The van der Waals surface area contributed by atoms with Crippen molar-refractivity contribution in [3.63, 3.8) is 0 Å². The smallest absolute Gasteiger partial charge is 0.340 e. The first-order valence-electron chi connectivity index (χ1n) is 9.25. The van der Waals surface area contributed by atoms with Gasteiger partial charge >= 0.3 is 11.9 Å². The van der Waals surface area contributed by atoms with Crippen molar-refractivity contribution in [1.29, 1.82) is 10.5 Å². The lowest BCUT2D eigenvalue weighted by atomic mass is 9.97. The van der Waals surface area contributed by atoms with E-state index >= 15 is 0 Å². The Balaban J connectivity index is 2.01. The molecule has 0 fully saturated rings. The fraction of sp³-hybridized carbons (Fsp3) is 0.0833. The van der Waals surface area contributed by atoms with E-state index in [2.05, 4.69) is 0 Å². The molecule has 0 amide bonds. The van der Waals surface area contributed by atoms with Crippen molar-refractivity contribution in [3.05, 3.63) is 101 Å². The Labute approximate surface area is 212 Å². The Morgan fingerprint density at radius 3 is 1.56 bits per heavy atom. The monoisotopic (exact) mass is 648 g/mol. The van der Waals surface area contributed by atoms with Crippen LogP contribution in [0, 0.1) is 29.8 Å². The van der Waals surface area contributed by atoms with Crippen molar-refractivity contribution in [3.8, 4) is 12.1 Å². The first-order chi connectivity index (χ1) is 15.5. The summed E-state index contributed by atoms with van der Waals surface area (Å²) in [6, 6.07) is 21.9. The highest BCUT2D eigenvalue weighted by Crippen LogP contribution is 2.32.